The Morgan fingerprint density at radius 3 is 1.45 bits per heavy atom. The van der Waals surface area contributed by atoms with Crippen LogP contribution in [0.25, 0.3) is 88.0 Å². The minimum absolute atomic E-state index is 0.466. The van der Waals surface area contributed by atoms with Gasteiger partial charge in [-0.3, -0.25) is 0 Å². The van der Waals surface area contributed by atoms with Gasteiger partial charge < -0.3 is 4.42 Å². The molecule has 1 nitrogen and oxygen atoms in total. The lowest BCUT2D eigenvalue weighted by molar-refractivity contribution is 0.668. The minimum atomic E-state index is -0.466. The summed E-state index contributed by atoms with van der Waals surface area (Å²) >= 11 is 0. The monoisotopic (exact) mass is 736 g/mol. The summed E-state index contributed by atoms with van der Waals surface area (Å²) in [7, 11) is 0. The SMILES string of the molecule is c1ccc(-c2cccc(-c3c4ccccc4c(-c4ccc5c(c4)oc4ccc6c(c45)-c4ccccc4C6(c4ccccc4)c4ccccc4)c4ccccc34)c2)cc1. The predicted molar refractivity (Wildman–Crippen MR) is 242 cm³/mol. The van der Waals surface area contributed by atoms with Crippen LogP contribution in [0, 0.1) is 0 Å². The molecule has 1 aromatic heterocycles. The molecule has 1 aliphatic rings. The number of fused-ring (bicyclic) bond motifs is 9. The van der Waals surface area contributed by atoms with Crippen molar-refractivity contribution in [3.05, 3.63) is 241 Å². The van der Waals surface area contributed by atoms with Crippen molar-refractivity contribution < 1.29 is 4.42 Å². The highest BCUT2D eigenvalue weighted by Gasteiger charge is 2.47. The van der Waals surface area contributed by atoms with Crippen LogP contribution in [0.1, 0.15) is 22.3 Å². The molecule has 10 aromatic carbocycles. The molecule has 0 aliphatic heterocycles. The molecule has 58 heavy (non-hydrogen) atoms. The Bertz CT molecular complexity index is 3280. The molecule has 0 unspecified atom stereocenters. The van der Waals surface area contributed by atoms with Gasteiger partial charge in [0, 0.05) is 10.8 Å². The van der Waals surface area contributed by atoms with Gasteiger partial charge in [-0.1, -0.05) is 194 Å². The zero-order valence-electron chi connectivity index (χ0n) is 31.7. The van der Waals surface area contributed by atoms with E-state index < -0.39 is 5.41 Å². The summed E-state index contributed by atoms with van der Waals surface area (Å²) in [6.45, 7) is 0. The maximum Gasteiger partial charge on any atom is 0.136 e. The van der Waals surface area contributed by atoms with Crippen LogP contribution in [0.5, 0.6) is 0 Å². The summed E-state index contributed by atoms with van der Waals surface area (Å²) in [5.74, 6) is 0. The predicted octanol–water partition coefficient (Wildman–Crippen LogP) is 15.3. The van der Waals surface area contributed by atoms with E-state index in [9.17, 15) is 0 Å². The molecule has 0 bridgehead atoms. The van der Waals surface area contributed by atoms with Crippen molar-refractivity contribution in [1.29, 1.82) is 0 Å². The van der Waals surface area contributed by atoms with Gasteiger partial charge in [-0.15, -0.1) is 0 Å². The summed E-state index contributed by atoms with van der Waals surface area (Å²) in [4.78, 5) is 0. The Kier molecular flexibility index (Phi) is 7.21. The highest BCUT2D eigenvalue weighted by Crippen LogP contribution is 2.59. The fourth-order valence-corrected chi connectivity index (χ4v) is 10.2. The highest BCUT2D eigenvalue weighted by molar-refractivity contribution is 6.23. The van der Waals surface area contributed by atoms with Crippen molar-refractivity contribution in [2.45, 2.75) is 5.41 Å². The van der Waals surface area contributed by atoms with Crippen molar-refractivity contribution in [2.24, 2.45) is 0 Å². The third-order valence-electron chi connectivity index (χ3n) is 12.5. The van der Waals surface area contributed by atoms with Gasteiger partial charge in [0.1, 0.15) is 11.2 Å². The van der Waals surface area contributed by atoms with E-state index in [0.717, 1.165) is 22.1 Å². The quantitative estimate of drug-likeness (QED) is 0.160. The second-order valence-electron chi connectivity index (χ2n) is 15.5. The van der Waals surface area contributed by atoms with E-state index in [1.54, 1.807) is 0 Å². The zero-order chi connectivity index (χ0) is 38.2. The molecule has 0 saturated carbocycles. The molecule has 270 valence electrons. The molecule has 0 fully saturated rings. The highest BCUT2D eigenvalue weighted by atomic mass is 16.3. The van der Waals surface area contributed by atoms with Crippen LogP contribution < -0.4 is 0 Å². The summed E-state index contributed by atoms with van der Waals surface area (Å²) in [5, 5.41) is 7.22. The molecule has 0 amide bonds. The van der Waals surface area contributed by atoms with Crippen LogP contribution in [0.4, 0.5) is 0 Å². The van der Waals surface area contributed by atoms with Crippen molar-refractivity contribution in [3.8, 4) is 44.5 Å². The second kappa shape index (κ2) is 12.8. The molecule has 1 heteroatoms. The topological polar surface area (TPSA) is 13.1 Å². The van der Waals surface area contributed by atoms with Crippen LogP contribution in [-0.2, 0) is 5.41 Å². The van der Waals surface area contributed by atoms with Gasteiger partial charge in [0.25, 0.3) is 0 Å². The summed E-state index contributed by atoms with van der Waals surface area (Å²) < 4.78 is 6.91. The van der Waals surface area contributed by atoms with Gasteiger partial charge in [-0.2, -0.15) is 0 Å². The van der Waals surface area contributed by atoms with Crippen LogP contribution in [0.15, 0.2) is 223 Å². The molecule has 0 spiro atoms. The van der Waals surface area contributed by atoms with Gasteiger partial charge >= 0.3 is 0 Å². The number of rotatable bonds is 5. The van der Waals surface area contributed by atoms with Gasteiger partial charge in [0.2, 0.25) is 0 Å². The molecule has 1 aliphatic carbocycles. The van der Waals surface area contributed by atoms with Crippen LogP contribution in [0.3, 0.4) is 0 Å². The molecule has 11 aromatic rings. The Morgan fingerprint density at radius 1 is 0.293 bits per heavy atom. The summed E-state index contributed by atoms with van der Waals surface area (Å²) in [5.41, 5.74) is 16.2. The zero-order valence-corrected chi connectivity index (χ0v) is 31.7. The minimum Gasteiger partial charge on any atom is -0.456 e. The molecular formula is C57H36O. The van der Waals surface area contributed by atoms with E-state index in [1.165, 1.54) is 88.1 Å². The van der Waals surface area contributed by atoms with Crippen molar-refractivity contribution >= 4 is 43.5 Å². The Morgan fingerprint density at radius 2 is 0.810 bits per heavy atom. The first-order valence-electron chi connectivity index (χ1n) is 20.1. The standard InChI is InChI=1S/C57H36O/c1-4-17-37(18-5-1)38-19-16-20-39(35-38)53-43-25-10-12-27-45(43)54(46-28-13-11-26-44(46)53)40-31-32-48-52(36-40)58-51-34-33-50-55(56(48)51)47-29-14-15-30-49(47)57(50,41-21-6-2-7-22-41)42-23-8-3-9-24-42/h1-36H. The first-order valence-corrected chi connectivity index (χ1v) is 20.1. The first-order chi connectivity index (χ1) is 28.8. The average Bonchev–Trinajstić information content (AvgIpc) is 3.82. The molecule has 0 saturated heterocycles. The third-order valence-corrected chi connectivity index (χ3v) is 12.5. The van der Waals surface area contributed by atoms with Gasteiger partial charge in [-0.05, 0) is 113 Å². The van der Waals surface area contributed by atoms with E-state index in [-0.39, 0.29) is 0 Å². The van der Waals surface area contributed by atoms with Crippen molar-refractivity contribution in [1.82, 2.24) is 0 Å². The summed E-state index contributed by atoms with van der Waals surface area (Å²) in [6.07, 6.45) is 0. The number of hydrogen-bond donors (Lipinski definition) is 0. The number of hydrogen-bond acceptors (Lipinski definition) is 1. The Balaban J connectivity index is 1.10. The Hall–Kier alpha value is -7.48. The molecule has 1 heterocycles. The van der Waals surface area contributed by atoms with Gasteiger partial charge in [0.05, 0.1) is 5.41 Å². The lowest BCUT2D eigenvalue weighted by Crippen LogP contribution is -2.28. The van der Waals surface area contributed by atoms with Crippen LogP contribution >= 0.6 is 0 Å². The maximum atomic E-state index is 6.91. The van der Waals surface area contributed by atoms with E-state index >= 15 is 0 Å². The lowest BCUT2D eigenvalue weighted by Gasteiger charge is -2.33. The number of furan rings is 1. The largest absolute Gasteiger partial charge is 0.456 e. The third kappa shape index (κ3) is 4.65. The van der Waals surface area contributed by atoms with Crippen LogP contribution in [0.2, 0.25) is 0 Å². The lowest BCUT2D eigenvalue weighted by atomic mass is 9.67. The van der Waals surface area contributed by atoms with E-state index in [1.807, 2.05) is 0 Å². The number of benzene rings is 10. The van der Waals surface area contributed by atoms with E-state index in [2.05, 4.69) is 218 Å². The van der Waals surface area contributed by atoms with Gasteiger partial charge in [0.15, 0.2) is 0 Å². The van der Waals surface area contributed by atoms with E-state index in [0.29, 0.717) is 0 Å². The fraction of sp³-hybridized carbons (Fsp3) is 0.0175. The second-order valence-corrected chi connectivity index (χ2v) is 15.5. The van der Waals surface area contributed by atoms with Crippen molar-refractivity contribution in [2.75, 3.05) is 0 Å². The maximum absolute atomic E-state index is 6.91. The smallest absolute Gasteiger partial charge is 0.136 e. The molecule has 12 rings (SSSR count). The molecule has 0 radical (unpaired) electrons. The average molecular weight is 737 g/mol. The molecule has 0 atom stereocenters. The first kappa shape index (κ1) is 32.7. The fourth-order valence-electron chi connectivity index (χ4n) is 10.2. The van der Waals surface area contributed by atoms with Gasteiger partial charge in [-0.25, -0.2) is 0 Å². The summed E-state index contributed by atoms with van der Waals surface area (Å²) in [6, 6.07) is 79.8. The normalized spacial score (nSPS) is 13.0. The Labute approximate surface area is 337 Å². The van der Waals surface area contributed by atoms with Crippen LogP contribution in [-0.4, -0.2) is 0 Å². The van der Waals surface area contributed by atoms with E-state index in [4.69, 9.17) is 4.42 Å². The molecular weight excluding hydrogens is 701 g/mol. The molecule has 0 N–H and O–H groups in total. The van der Waals surface area contributed by atoms with Crippen molar-refractivity contribution in [3.63, 3.8) is 0 Å².